The number of hydrogen-bond donors (Lipinski definition) is 1. The zero-order valence-corrected chi connectivity index (χ0v) is 11.7. The highest BCUT2D eigenvalue weighted by molar-refractivity contribution is 5.48. The highest BCUT2D eigenvalue weighted by Gasteiger charge is 2.12. The van der Waals surface area contributed by atoms with Crippen LogP contribution in [0.2, 0.25) is 0 Å². The number of nitrogens with one attached hydrogen (secondary N) is 1. The Hall–Kier alpha value is -1.60. The fourth-order valence-electron chi connectivity index (χ4n) is 2.55. The Labute approximate surface area is 119 Å². The van der Waals surface area contributed by atoms with E-state index < -0.39 is 5.82 Å². The van der Waals surface area contributed by atoms with Crippen molar-refractivity contribution >= 4 is 5.69 Å². The standard InChI is InChI=1S/C16H21FN2O/c17-15-11-13(12-18)7-8-16(15)19-9-10-20-14-5-3-1-2-4-6-14/h7-8,11,14,19H,1-6,9-10H2. The monoisotopic (exact) mass is 276 g/mol. The predicted octanol–water partition coefficient (Wildman–Crippen LogP) is 3.85. The second-order valence-corrected chi connectivity index (χ2v) is 5.22. The molecule has 0 spiro atoms. The van der Waals surface area contributed by atoms with Crippen LogP contribution in [0.15, 0.2) is 18.2 Å². The Balaban J connectivity index is 1.71. The molecule has 1 fully saturated rings. The van der Waals surface area contributed by atoms with Crippen molar-refractivity contribution in [3.63, 3.8) is 0 Å². The Bertz CT molecular complexity index is 462. The molecule has 1 aromatic rings. The molecule has 0 unspecified atom stereocenters. The van der Waals surface area contributed by atoms with E-state index in [1.54, 1.807) is 12.1 Å². The maximum Gasteiger partial charge on any atom is 0.147 e. The second-order valence-electron chi connectivity index (χ2n) is 5.22. The van der Waals surface area contributed by atoms with Gasteiger partial charge in [0.1, 0.15) is 5.82 Å². The molecule has 1 aliphatic rings. The molecule has 0 bridgehead atoms. The van der Waals surface area contributed by atoms with E-state index in [0.29, 0.717) is 30.5 Å². The lowest BCUT2D eigenvalue weighted by atomic mass is 10.1. The molecule has 0 saturated heterocycles. The first-order valence-corrected chi connectivity index (χ1v) is 7.35. The van der Waals surface area contributed by atoms with Gasteiger partial charge in [0.2, 0.25) is 0 Å². The van der Waals surface area contributed by atoms with Crippen molar-refractivity contribution in [2.45, 2.75) is 44.6 Å². The van der Waals surface area contributed by atoms with E-state index in [4.69, 9.17) is 10.00 Å². The summed E-state index contributed by atoms with van der Waals surface area (Å²) in [5.74, 6) is -0.390. The third-order valence-electron chi connectivity index (χ3n) is 3.67. The lowest BCUT2D eigenvalue weighted by Gasteiger charge is -2.16. The minimum Gasteiger partial charge on any atom is -0.380 e. The Morgan fingerprint density at radius 3 is 2.65 bits per heavy atom. The minimum absolute atomic E-state index is 0.336. The van der Waals surface area contributed by atoms with Crippen LogP contribution in [0.25, 0.3) is 0 Å². The molecule has 3 nitrogen and oxygen atoms in total. The van der Waals surface area contributed by atoms with E-state index in [9.17, 15) is 4.39 Å². The summed E-state index contributed by atoms with van der Waals surface area (Å²) in [4.78, 5) is 0. The van der Waals surface area contributed by atoms with E-state index in [-0.39, 0.29) is 0 Å². The highest BCUT2D eigenvalue weighted by Crippen LogP contribution is 2.20. The maximum atomic E-state index is 13.6. The van der Waals surface area contributed by atoms with Gasteiger partial charge in [0.25, 0.3) is 0 Å². The molecule has 0 atom stereocenters. The SMILES string of the molecule is N#Cc1ccc(NCCOC2CCCCCC2)c(F)c1. The van der Waals surface area contributed by atoms with Gasteiger partial charge in [0.05, 0.1) is 30.0 Å². The first-order valence-electron chi connectivity index (χ1n) is 7.35. The van der Waals surface area contributed by atoms with Crippen molar-refractivity contribution in [3.05, 3.63) is 29.6 Å². The average Bonchev–Trinajstić information content (AvgIpc) is 2.73. The largest absolute Gasteiger partial charge is 0.380 e. The fourth-order valence-corrected chi connectivity index (χ4v) is 2.55. The molecule has 4 heteroatoms. The van der Waals surface area contributed by atoms with Crippen LogP contribution in [0.4, 0.5) is 10.1 Å². The first kappa shape index (κ1) is 14.8. The van der Waals surface area contributed by atoms with Gasteiger partial charge in [-0.15, -0.1) is 0 Å². The third-order valence-corrected chi connectivity index (χ3v) is 3.67. The number of anilines is 1. The number of halogens is 1. The summed E-state index contributed by atoms with van der Waals surface area (Å²) in [6.45, 7) is 1.17. The topological polar surface area (TPSA) is 45.0 Å². The quantitative estimate of drug-likeness (QED) is 0.656. The number of nitriles is 1. The van der Waals surface area contributed by atoms with Crippen molar-refractivity contribution in [3.8, 4) is 6.07 Å². The fraction of sp³-hybridized carbons (Fsp3) is 0.562. The van der Waals surface area contributed by atoms with Crippen LogP contribution in [0.3, 0.4) is 0 Å². The zero-order valence-electron chi connectivity index (χ0n) is 11.7. The molecule has 1 aliphatic carbocycles. The molecule has 0 heterocycles. The summed E-state index contributed by atoms with van der Waals surface area (Å²) in [7, 11) is 0. The molecule has 0 aromatic heterocycles. The average molecular weight is 276 g/mol. The summed E-state index contributed by atoms with van der Waals surface area (Å²) >= 11 is 0. The highest BCUT2D eigenvalue weighted by atomic mass is 19.1. The molecular weight excluding hydrogens is 255 g/mol. The van der Waals surface area contributed by atoms with Gasteiger partial charge in [-0.1, -0.05) is 25.7 Å². The third kappa shape index (κ3) is 4.50. The molecule has 0 aliphatic heterocycles. The van der Waals surface area contributed by atoms with Crippen molar-refractivity contribution in [1.29, 1.82) is 5.26 Å². The van der Waals surface area contributed by atoms with E-state index in [0.717, 1.165) is 12.8 Å². The van der Waals surface area contributed by atoms with Gasteiger partial charge < -0.3 is 10.1 Å². The lowest BCUT2D eigenvalue weighted by Crippen LogP contribution is -2.18. The van der Waals surface area contributed by atoms with Crippen LogP contribution < -0.4 is 5.32 Å². The van der Waals surface area contributed by atoms with E-state index >= 15 is 0 Å². The van der Waals surface area contributed by atoms with Crippen LogP contribution in [-0.4, -0.2) is 19.3 Å². The van der Waals surface area contributed by atoms with Crippen LogP contribution in [0.1, 0.15) is 44.1 Å². The molecule has 108 valence electrons. The molecule has 1 saturated carbocycles. The van der Waals surface area contributed by atoms with Crippen molar-refractivity contribution in [1.82, 2.24) is 0 Å². The molecule has 2 rings (SSSR count). The normalized spacial score (nSPS) is 16.4. The molecular formula is C16H21FN2O. The first-order chi connectivity index (χ1) is 9.79. The van der Waals surface area contributed by atoms with Gasteiger partial charge in [-0.25, -0.2) is 4.39 Å². The minimum atomic E-state index is -0.390. The summed E-state index contributed by atoms with van der Waals surface area (Å²) in [5.41, 5.74) is 0.760. The number of benzene rings is 1. The van der Waals surface area contributed by atoms with Crippen LogP contribution in [0, 0.1) is 17.1 Å². The molecule has 20 heavy (non-hydrogen) atoms. The maximum absolute atomic E-state index is 13.6. The smallest absolute Gasteiger partial charge is 0.147 e. The lowest BCUT2D eigenvalue weighted by molar-refractivity contribution is 0.0501. The van der Waals surface area contributed by atoms with E-state index in [1.165, 1.54) is 31.7 Å². The predicted molar refractivity (Wildman–Crippen MR) is 77.0 cm³/mol. The van der Waals surface area contributed by atoms with Crippen molar-refractivity contribution in [2.24, 2.45) is 0 Å². The molecule has 0 radical (unpaired) electrons. The Morgan fingerprint density at radius 1 is 1.25 bits per heavy atom. The summed E-state index contributed by atoms with van der Waals surface area (Å²) in [6.07, 6.45) is 7.79. The van der Waals surface area contributed by atoms with Gasteiger partial charge in [-0.2, -0.15) is 5.26 Å². The Morgan fingerprint density at radius 2 is 2.00 bits per heavy atom. The molecule has 1 N–H and O–H groups in total. The zero-order chi connectivity index (χ0) is 14.2. The van der Waals surface area contributed by atoms with Gasteiger partial charge in [0, 0.05) is 6.54 Å². The van der Waals surface area contributed by atoms with E-state index in [1.807, 2.05) is 6.07 Å². The number of hydrogen-bond acceptors (Lipinski definition) is 3. The van der Waals surface area contributed by atoms with Crippen LogP contribution in [-0.2, 0) is 4.74 Å². The summed E-state index contributed by atoms with van der Waals surface area (Å²) < 4.78 is 19.5. The van der Waals surface area contributed by atoms with Gasteiger partial charge in [-0.3, -0.25) is 0 Å². The Kier molecular flexibility index (Phi) is 5.82. The van der Waals surface area contributed by atoms with Gasteiger partial charge in [-0.05, 0) is 31.0 Å². The van der Waals surface area contributed by atoms with Crippen LogP contribution >= 0.6 is 0 Å². The molecule has 0 amide bonds. The van der Waals surface area contributed by atoms with E-state index in [2.05, 4.69) is 5.32 Å². The van der Waals surface area contributed by atoms with Gasteiger partial charge in [0.15, 0.2) is 0 Å². The summed E-state index contributed by atoms with van der Waals surface area (Å²) in [5, 5.41) is 11.7. The van der Waals surface area contributed by atoms with Crippen molar-refractivity contribution in [2.75, 3.05) is 18.5 Å². The number of rotatable bonds is 5. The molecule has 1 aromatic carbocycles. The second kappa shape index (κ2) is 7.86. The van der Waals surface area contributed by atoms with Gasteiger partial charge >= 0.3 is 0 Å². The number of nitrogens with zero attached hydrogens (tertiary/aromatic N) is 1. The van der Waals surface area contributed by atoms with Crippen molar-refractivity contribution < 1.29 is 9.13 Å². The summed E-state index contributed by atoms with van der Waals surface area (Å²) in [6, 6.07) is 6.37. The van der Waals surface area contributed by atoms with Crippen LogP contribution in [0.5, 0.6) is 0 Å². The number of ether oxygens (including phenoxy) is 1.